The molecule has 5 nitrogen and oxygen atoms in total. The Labute approximate surface area is 143 Å². The fourth-order valence-corrected chi connectivity index (χ4v) is 2.99. The molecule has 0 spiro atoms. The number of nitrogens with one attached hydrogen (secondary N) is 1. The third kappa shape index (κ3) is 4.03. The van der Waals surface area contributed by atoms with E-state index in [0.717, 1.165) is 16.3 Å². The summed E-state index contributed by atoms with van der Waals surface area (Å²) in [6, 6.07) is 12.7. The standard InChI is InChI=1S/C18H14N4OS/c19-10-13-3-1-5-15(9-13)21-17(23)6-7-18-22-16(12-24-18)14-4-2-8-20-11-14/h1-5,8-9,11-12H,6-7H2,(H,21,23). The van der Waals surface area contributed by atoms with Crippen LogP contribution in [0.5, 0.6) is 0 Å². The van der Waals surface area contributed by atoms with Crippen LogP contribution in [-0.2, 0) is 11.2 Å². The molecule has 24 heavy (non-hydrogen) atoms. The maximum absolute atomic E-state index is 12.0. The number of hydrogen-bond donors (Lipinski definition) is 1. The number of rotatable bonds is 5. The summed E-state index contributed by atoms with van der Waals surface area (Å²) in [7, 11) is 0. The summed E-state index contributed by atoms with van der Waals surface area (Å²) in [5.74, 6) is -0.0942. The highest BCUT2D eigenvalue weighted by molar-refractivity contribution is 7.09. The van der Waals surface area contributed by atoms with Gasteiger partial charge in [0, 0.05) is 41.9 Å². The largest absolute Gasteiger partial charge is 0.326 e. The van der Waals surface area contributed by atoms with E-state index in [4.69, 9.17) is 5.26 Å². The molecule has 1 amide bonds. The van der Waals surface area contributed by atoms with Gasteiger partial charge >= 0.3 is 0 Å². The lowest BCUT2D eigenvalue weighted by Crippen LogP contribution is -2.12. The van der Waals surface area contributed by atoms with Gasteiger partial charge in [-0.15, -0.1) is 11.3 Å². The van der Waals surface area contributed by atoms with Gasteiger partial charge in [-0.2, -0.15) is 5.26 Å². The van der Waals surface area contributed by atoms with Crippen LogP contribution in [0.1, 0.15) is 17.0 Å². The highest BCUT2D eigenvalue weighted by atomic mass is 32.1. The molecule has 3 aromatic rings. The zero-order valence-electron chi connectivity index (χ0n) is 12.8. The van der Waals surface area contributed by atoms with Crippen molar-refractivity contribution in [2.45, 2.75) is 12.8 Å². The maximum Gasteiger partial charge on any atom is 0.224 e. The molecule has 0 fully saturated rings. The van der Waals surface area contributed by atoms with Gasteiger partial charge in [-0.1, -0.05) is 6.07 Å². The van der Waals surface area contributed by atoms with Crippen LogP contribution >= 0.6 is 11.3 Å². The number of nitrogens with zero attached hydrogens (tertiary/aromatic N) is 3. The third-order valence-corrected chi connectivity index (χ3v) is 4.26. The Balaban J connectivity index is 1.57. The lowest BCUT2D eigenvalue weighted by molar-refractivity contribution is -0.116. The molecule has 0 bridgehead atoms. The molecule has 0 unspecified atom stereocenters. The predicted octanol–water partition coefficient (Wildman–Crippen LogP) is 3.65. The summed E-state index contributed by atoms with van der Waals surface area (Å²) in [6.07, 6.45) is 4.42. The summed E-state index contributed by atoms with van der Waals surface area (Å²) in [6.45, 7) is 0. The number of carbonyl (C=O) groups is 1. The average molecular weight is 334 g/mol. The minimum atomic E-state index is -0.0942. The van der Waals surface area contributed by atoms with Gasteiger partial charge in [-0.05, 0) is 30.3 Å². The van der Waals surface area contributed by atoms with Crippen molar-refractivity contribution in [1.29, 1.82) is 5.26 Å². The quantitative estimate of drug-likeness (QED) is 0.772. The van der Waals surface area contributed by atoms with Crippen molar-refractivity contribution >= 4 is 22.9 Å². The Bertz CT molecular complexity index is 883. The van der Waals surface area contributed by atoms with E-state index in [1.54, 1.807) is 36.7 Å². The number of anilines is 1. The highest BCUT2D eigenvalue weighted by Gasteiger charge is 2.08. The molecule has 1 N–H and O–H groups in total. The van der Waals surface area contributed by atoms with E-state index in [9.17, 15) is 4.79 Å². The van der Waals surface area contributed by atoms with Crippen molar-refractivity contribution in [3.8, 4) is 17.3 Å². The Morgan fingerprint density at radius 3 is 3.00 bits per heavy atom. The molecule has 1 aromatic carbocycles. The van der Waals surface area contributed by atoms with Crippen LogP contribution in [0, 0.1) is 11.3 Å². The van der Waals surface area contributed by atoms with E-state index in [1.165, 1.54) is 11.3 Å². The van der Waals surface area contributed by atoms with Gasteiger partial charge in [0.25, 0.3) is 0 Å². The van der Waals surface area contributed by atoms with Crippen molar-refractivity contribution < 1.29 is 4.79 Å². The van der Waals surface area contributed by atoms with Gasteiger partial charge in [-0.25, -0.2) is 4.98 Å². The van der Waals surface area contributed by atoms with Gasteiger partial charge in [0.2, 0.25) is 5.91 Å². The fraction of sp³-hybridized carbons (Fsp3) is 0.111. The normalized spacial score (nSPS) is 10.1. The average Bonchev–Trinajstić information content (AvgIpc) is 3.10. The van der Waals surface area contributed by atoms with Crippen molar-refractivity contribution in [1.82, 2.24) is 9.97 Å². The van der Waals surface area contributed by atoms with Crippen LogP contribution in [0.15, 0.2) is 54.2 Å². The first kappa shape index (κ1) is 15.8. The van der Waals surface area contributed by atoms with Crippen molar-refractivity contribution in [2.75, 3.05) is 5.32 Å². The Morgan fingerprint density at radius 2 is 2.21 bits per heavy atom. The Morgan fingerprint density at radius 1 is 1.29 bits per heavy atom. The maximum atomic E-state index is 12.0. The molecule has 0 saturated heterocycles. The van der Waals surface area contributed by atoms with Crippen LogP contribution in [0.4, 0.5) is 5.69 Å². The molecule has 0 radical (unpaired) electrons. The number of aryl methyl sites for hydroxylation is 1. The first-order valence-electron chi connectivity index (χ1n) is 7.39. The van der Waals surface area contributed by atoms with Gasteiger partial charge in [0.05, 0.1) is 22.3 Å². The molecule has 0 aliphatic heterocycles. The monoisotopic (exact) mass is 334 g/mol. The van der Waals surface area contributed by atoms with Gasteiger partial charge in [0.1, 0.15) is 0 Å². The van der Waals surface area contributed by atoms with E-state index in [1.807, 2.05) is 17.5 Å². The third-order valence-electron chi connectivity index (χ3n) is 3.35. The molecule has 0 aliphatic carbocycles. The molecular weight excluding hydrogens is 320 g/mol. The molecule has 2 heterocycles. The van der Waals surface area contributed by atoms with Crippen LogP contribution in [0.2, 0.25) is 0 Å². The Hall–Kier alpha value is -3.04. The van der Waals surface area contributed by atoms with Gasteiger partial charge in [0.15, 0.2) is 0 Å². The second-order valence-electron chi connectivity index (χ2n) is 5.11. The van der Waals surface area contributed by atoms with E-state index < -0.39 is 0 Å². The number of carbonyl (C=O) groups excluding carboxylic acids is 1. The van der Waals surface area contributed by atoms with Crippen LogP contribution < -0.4 is 5.32 Å². The smallest absolute Gasteiger partial charge is 0.224 e. The number of hydrogen-bond acceptors (Lipinski definition) is 5. The summed E-state index contributed by atoms with van der Waals surface area (Å²) < 4.78 is 0. The number of benzene rings is 1. The number of amides is 1. The van der Waals surface area contributed by atoms with Gasteiger partial charge in [-0.3, -0.25) is 9.78 Å². The van der Waals surface area contributed by atoms with Crippen molar-refractivity contribution in [3.63, 3.8) is 0 Å². The zero-order valence-corrected chi connectivity index (χ0v) is 13.6. The molecule has 6 heteroatoms. The highest BCUT2D eigenvalue weighted by Crippen LogP contribution is 2.21. The summed E-state index contributed by atoms with van der Waals surface area (Å²) in [4.78, 5) is 20.7. The minimum absolute atomic E-state index is 0.0942. The summed E-state index contributed by atoms with van der Waals surface area (Å²) in [5, 5.41) is 14.6. The number of thiazole rings is 1. The number of pyridine rings is 1. The summed E-state index contributed by atoms with van der Waals surface area (Å²) in [5.41, 5.74) is 3.01. The predicted molar refractivity (Wildman–Crippen MR) is 93.5 cm³/mol. The van der Waals surface area contributed by atoms with E-state index >= 15 is 0 Å². The van der Waals surface area contributed by atoms with Crippen molar-refractivity contribution in [2.24, 2.45) is 0 Å². The first-order chi connectivity index (χ1) is 11.7. The molecule has 0 aliphatic rings. The molecular formula is C18H14N4OS. The Kier molecular flexibility index (Phi) is 4.94. The van der Waals surface area contributed by atoms with Gasteiger partial charge < -0.3 is 5.32 Å². The van der Waals surface area contributed by atoms with Crippen LogP contribution in [0.3, 0.4) is 0 Å². The minimum Gasteiger partial charge on any atom is -0.326 e. The molecule has 0 saturated carbocycles. The molecule has 0 atom stereocenters. The molecule has 2 aromatic heterocycles. The van der Waals surface area contributed by atoms with Crippen LogP contribution in [-0.4, -0.2) is 15.9 Å². The zero-order chi connectivity index (χ0) is 16.8. The lowest BCUT2D eigenvalue weighted by Gasteiger charge is -2.04. The van der Waals surface area contributed by atoms with Crippen molar-refractivity contribution in [3.05, 3.63) is 64.7 Å². The second-order valence-corrected chi connectivity index (χ2v) is 6.05. The topological polar surface area (TPSA) is 78.7 Å². The molecule has 3 rings (SSSR count). The molecule has 118 valence electrons. The van der Waals surface area contributed by atoms with E-state index in [0.29, 0.717) is 24.1 Å². The van der Waals surface area contributed by atoms with Crippen LogP contribution in [0.25, 0.3) is 11.3 Å². The summed E-state index contributed by atoms with van der Waals surface area (Å²) >= 11 is 1.54. The fourth-order valence-electron chi connectivity index (χ4n) is 2.18. The lowest BCUT2D eigenvalue weighted by atomic mass is 10.2. The van der Waals surface area contributed by atoms with E-state index in [-0.39, 0.29) is 5.91 Å². The van der Waals surface area contributed by atoms with E-state index in [2.05, 4.69) is 21.4 Å². The number of aromatic nitrogens is 2. The first-order valence-corrected chi connectivity index (χ1v) is 8.27. The SMILES string of the molecule is N#Cc1cccc(NC(=O)CCc2nc(-c3cccnc3)cs2)c1. The number of nitriles is 1. The second kappa shape index (κ2) is 7.49.